The molecule has 4 nitrogen and oxygen atoms in total. The number of alkyl halides is 3. The highest BCUT2D eigenvalue weighted by atomic mass is 19.4. The Morgan fingerprint density at radius 1 is 1.09 bits per heavy atom. The lowest BCUT2D eigenvalue weighted by atomic mass is 9.96. The van der Waals surface area contributed by atoms with E-state index < -0.39 is 17.2 Å². The lowest BCUT2D eigenvalue weighted by molar-refractivity contribution is -0.137. The molecular weight excluding hydrogens is 309 g/mol. The minimum absolute atomic E-state index is 0.00989. The number of carbonyl (C=O) groups is 2. The summed E-state index contributed by atoms with van der Waals surface area (Å²) >= 11 is 0. The molecule has 2 amide bonds. The number of amides is 2. The largest absolute Gasteiger partial charge is 0.416 e. The van der Waals surface area contributed by atoms with Crippen molar-refractivity contribution in [2.75, 3.05) is 6.54 Å². The molecule has 0 unspecified atom stereocenters. The number of nitrogens with one attached hydrogen (secondary N) is 2. The van der Waals surface area contributed by atoms with Crippen LogP contribution < -0.4 is 10.6 Å². The van der Waals surface area contributed by atoms with Crippen molar-refractivity contribution in [1.82, 2.24) is 10.6 Å². The Morgan fingerprint density at radius 3 is 2.30 bits per heavy atom. The molecule has 0 saturated carbocycles. The van der Waals surface area contributed by atoms with Crippen molar-refractivity contribution in [3.63, 3.8) is 0 Å². The SMILES string of the molecule is CC(C)(C)C(=O)NCCC(=O)NCc1cccc(C(F)(F)F)c1. The monoisotopic (exact) mass is 330 g/mol. The maximum absolute atomic E-state index is 12.6. The van der Waals surface area contributed by atoms with Crippen LogP contribution in [0.1, 0.15) is 38.3 Å². The maximum atomic E-state index is 12.6. The van der Waals surface area contributed by atoms with Crippen LogP contribution in [0.2, 0.25) is 0 Å². The summed E-state index contributed by atoms with van der Waals surface area (Å²) in [6, 6.07) is 4.79. The Balaban J connectivity index is 2.41. The van der Waals surface area contributed by atoms with Crippen LogP contribution in [0, 0.1) is 5.41 Å². The zero-order valence-electron chi connectivity index (χ0n) is 13.4. The fraction of sp³-hybridized carbons (Fsp3) is 0.500. The van der Waals surface area contributed by atoms with Crippen molar-refractivity contribution in [2.24, 2.45) is 5.41 Å². The normalized spacial score (nSPS) is 11.9. The van der Waals surface area contributed by atoms with Crippen molar-refractivity contribution in [3.8, 4) is 0 Å². The quantitative estimate of drug-likeness (QED) is 0.872. The minimum Gasteiger partial charge on any atom is -0.355 e. The Hall–Kier alpha value is -2.05. The third-order valence-electron chi connectivity index (χ3n) is 3.06. The van der Waals surface area contributed by atoms with Gasteiger partial charge in [0, 0.05) is 24.9 Å². The second kappa shape index (κ2) is 7.48. The number of rotatable bonds is 5. The van der Waals surface area contributed by atoms with Gasteiger partial charge in [-0.1, -0.05) is 32.9 Å². The van der Waals surface area contributed by atoms with E-state index >= 15 is 0 Å². The van der Waals surface area contributed by atoms with E-state index in [1.54, 1.807) is 20.8 Å². The summed E-state index contributed by atoms with van der Waals surface area (Å²) in [6.07, 6.45) is -4.34. The molecule has 0 spiro atoms. The van der Waals surface area contributed by atoms with E-state index in [4.69, 9.17) is 0 Å². The Bertz CT molecular complexity index is 563. The van der Waals surface area contributed by atoms with Crippen LogP contribution in [0.5, 0.6) is 0 Å². The van der Waals surface area contributed by atoms with Crippen molar-refractivity contribution in [1.29, 1.82) is 0 Å². The van der Waals surface area contributed by atoms with Crippen LogP contribution in [0.4, 0.5) is 13.2 Å². The molecular formula is C16H21F3N2O2. The first kappa shape index (κ1) is 19.0. The molecule has 1 rings (SSSR count). The van der Waals surface area contributed by atoms with Gasteiger partial charge in [-0.15, -0.1) is 0 Å². The lowest BCUT2D eigenvalue weighted by Crippen LogP contribution is -2.37. The fourth-order valence-corrected chi connectivity index (χ4v) is 1.70. The first-order valence-electron chi connectivity index (χ1n) is 7.21. The van der Waals surface area contributed by atoms with Gasteiger partial charge in [0.15, 0.2) is 0 Å². The van der Waals surface area contributed by atoms with Gasteiger partial charge in [0.05, 0.1) is 5.56 Å². The molecule has 0 radical (unpaired) electrons. The summed E-state index contributed by atoms with van der Waals surface area (Å²) in [5, 5.41) is 5.16. The average Bonchev–Trinajstić information content (AvgIpc) is 2.43. The fourth-order valence-electron chi connectivity index (χ4n) is 1.70. The summed E-state index contributed by atoms with van der Waals surface area (Å²) < 4.78 is 37.7. The van der Waals surface area contributed by atoms with Crippen LogP contribution in [0.3, 0.4) is 0 Å². The van der Waals surface area contributed by atoms with Crippen molar-refractivity contribution in [3.05, 3.63) is 35.4 Å². The Labute approximate surface area is 133 Å². The molecule has 1 aromatic carbocycles. The molecule has 1 aromatic rings. The van der Waals surface area contributed by atoms with E-state index in [1.807, 2.05) is 0 Å². The van der Waals surface area contributed by atoms with E-state index in [-0.39, 0.29) is 31.3 Å². The van der Waals surface area contributed by atoms with Crippen LogP contribution in [-0.2, 0) is 22.3 Å². The van der Waals surface area contributed by atoms with Gasteiger partial charge in [-0.05, 0) is 17.7 Å². The molecule has 7 heteroatoms. The minimum atomic E-state index is -4.41. The highest BCUT2D eigenvalue weighted by molar-refractivity contribution is 5.82. The van der Waals surface area contributed by atoms with E-state index in [0.717, 1.165) is 12.1 Å². The van der Waals surface area contributed by atoms with Gasteiger partial charge in [0.2, 0.25) is 11.8 Å². The van der Waals surface area contributed by atoms with E-state index in [9.17, 15) is 22.8 Å². The van der Waals surface area contributed by atoms with Crippen LogP contribution >= 0.6 is 0 Å². The lowest BCUT2D eigenvalue weighted by Gasteiger charge is -2.17. The average molecular weight is 330 g/mol. The molecule has 0 heterocycles. The molecule has 0 aliphatic heterocycles. The van der Waals surface area contributed by atoms with Gasteiger partial charge in [0.1, 0.15) is 0 Å². The van der Waals surface area contributed by atoms with Gasteiger partial charge < -0.3 is 10.6 Å². The van der Waals surface area contributed by atoms with Crippen LogP contribution in [0.15, 0.2) is 24.3 Å². The maximum Gasteiger partial charge on any atom is 0.416 e. The summed E-state index contributed by atoms with van der Waals surface area (Å²) in [5.41, 5.74) is -0.914. The van der Waals surface area contributed by atoms with Crippen molar-refractivity contribution < 1.29 is 22.8 Å². The molecule has 0 aliphatic carbocycles. The molecule has 0 fully saturated rings. The number of hydrogen-bond acceptors (Lipinski definition) is 2. The molecule has 23 heavy (non-hydrogen) atoms. The van der Waals surface area contributed by atoms with Gasteiger partial charge in [-0.25, -0.2) is 0 Å². The Morgan fingerprint density at radius 2 is 1.74 bits per heavy atom. The number of hydrogen-bond donors (Lipinski definition) is 2. The zero-order valence-corrected chi connectivity index (χ0v) is 13.4. The van der Waals surface area contributed by atoms with Gasteiger partial charge >= 0.3 is 6.18 Å². The molecule has 0 bridgehead atoms. The van der Waals surface area contributed by atoms with Gasteiger partial charge in [-0.2, -0.15) is 13.2 Å². The van der Waals surface area contributed by atoms with Gasteiger partial charge in [-0.3, -0.25) is 9.59 Å². The number of benzene rings is 1. The van der Waals surface area contributed by atoms with Crippen LogP contribution in [0.25, 0.3) is 0 Å². The summed E-state index contributed by atoms with van der Waals surface area (Å²) in [5.74, 6) is -0.500. The summed E-state index contributed by atoms with van der Waals surface area (Å²) in [7, 11) is 0. The first-order chi connectivity index (χ1) is 10.5. The predicted octanol–water partition coefficient (Wildman–Crippen LogP) is 2.87. The standard InChI is InChI=1S/C16H21F3N2O2/c1-15(2,3)14(23)20-8-7-13(22)21-10-11-5-4-6-12(9-11)16(17,18)19/h4-6,9H,7-8,10H2,1-3H3,(H,20,23)(H,21,22). The second-order valence-corrected chi connectivity index (χ2v) is 6.23. The molecule has 0 aliphatic rings. The summed E-state index contributed by atoms with van der Waals surface area (Å²) in [4.78, 5) is 23.3. The Kier molecular flexibility index (Phi) is 6.18. The van der Waals surface area contributed by atoms with E-state index in [0.29, 0.717) is 5.56 Å². The molecule has 2 N–H and O–H groups in total. The topological polar surface area (TPSA) is 58.2 Å². The highest BCUT2D eigenvalue weighted by Gasteiger charge is 2.30. The van der Waals surface area contributed by atoms with Gasteiger partial charge in [0.25, 0.3) is 0 Å². The zero-order chi connectivity index (χ0) is 17.7. The van der Waals surface area contributed by atoms with Crippen molar-refractivity contribution >= 4 is 11.8 Å². The second-order valence-electron chi connectivity index (χ2n) is 6.23. The van der Waals surface area contributed by atoms with Crippen LogP contribution in [-0.4, -0.2) is 18.4 Å². The third kappa shape index (κ3) is 6.71. The van der Waals surface area contributed by atoms with E-state index in [1.165, 1.54) is 12.1 Å². The van der Waals surface area contributed by atoms with E-state index in [2.05, 4.69) is 10.6 Å². The molecule has 0 atom stereocenters. The van der Waals surface area contributed by atoms with Crippen molar-refractivity contribution in [2.45, 2.75) is 39.9 Å². The summed E-state index contributed by atoms with van der Waals surface area (Å²) in [6.45, 7) is 5.47. The molecule has 128 valence electrons. The molecule has 0 aromatic heterocycles. The smallest absolute Gasteiger partial charge is 0.355 e. The highest BCUT2D eigenvalue weighted by Crippen LogP contribution is 2.29. The first-order valence-corrected chi connectivity index (χ1v) is 7.21. The predicted molar refractivity (Wildman–Crippen MR) is 80.4 cm³/mol. The number of carbonyl (C=O) groups excluding carboxylic acids is 2. The number of halogens is 3. The third-order valence-corrected chi connectivity index (χ3v) is 3.06. The molecule has 0 saturated heterocycles.